The van der Waals surface area contributed by atoms with Crippen LogP contribution in [0, 0.1) is 0 Å². The smallest absolute Gasteiger partial charge is 0.128 e. The van der Waals surface area contributed by atoms with Crippen LogP contribution in [0.4, 0.5) is 5.69 Å². The predicted octanol–water partition coefficient (Wildman–Crippen LogP) is 0.506. The van der Waals surface area contributed by atoms with Crippen LogP contribution in [0.2, 0.25) is 0 Å². The molecule has 1 atom stereocenters. The van der Waals surface area contributed by atoms with Crippen molar-refractivity contribution in [2.24, 2.45) is 5.73 Å². The third-order valence-corrected chi connectivity index (χ3v) is 2.33. The van der Waals surface area contributed by atoms with Crippen LogP contribution in [0.15, 0.2) is 18.2 Å². The van der Waals surface area contributed by atoms with Crippen molar-refractivity contribution in [3.63, 3.8) is 0 Å². The van der Waals surface area contributed by atoms with E-state index in [4.69, 9.17) is 5.73 Å². The number of hydrogen-bond acceptors (Lipinski definition) is 1. The molecule has 0 fully saturated rings. The van der Waals surface area contributed by atoms with Gasteiger partial charge in [-0.3, -0.25) is 0 Å². The van der Waals surface area contributed by atoms with Crippen LogP contribution in [-0.2, 0) is 6.42 Å². The predicted molar refractivity (Wildman–Crippen MR) is 44.2 cm³/mol. The summed E-state index contributed by atoms with van der Waals surface area (Å²) in [5, 5.41) is 0. The van der Waals surface area contributed by atoms with Crippen molar-refractivity contribution in [1.29, 1.82) is 0 Å². The average molecular weight is 149 g/mol. The van der Waals surface area contributed by atoms with E-state index in [-0.39, 0.29) is 6.04 Å². The number of rotatable bonds is 0. The standard InChI is InChI=1S/C9H12N2/c10-7-2-3-8-6(5-7)1-4-9(8)11/h2-3,5,9H,1,4,10-11H2/p+1/t9-/m0/s1. The van der Waals surface area contributed by atoms with Gasteiger partial charge >= 0.3 is 0 Å². The monoisotopic (exact) mass is 149 g/mol. The van der Waals surface area contributed by atoms with Gasteiger partial charge in [0, 0.05) is 12.1 Å². The number of hydrogen-bond donors (Lipinski definition) is 2. The molecule has 0 saturated heterocycles. The zero-order chi connectivity index (χ0) is 7.84. The molecule has 2 heteroatoms. The van der Waals surface area contributed by atoms with E-state index in [2.05, 4.69) is 17.9 Å². The maximum absolute atomic E-state index is 5.88. The molecule has 0 aliphatic heterocycles. The van der Waals surface area contributed by atoms with Crippen molar-refractivity contribution in [1.82, 2.24) is 0 Å². The first-order valence-corrected chi connectivity index (χ1v) is 3.98. The Morgan fingerprint density at radius 1 is 1.45 bits per heavy atom. The van der Waals surface area contributed by atoms with Crippen molar-refractivity contribution in [3.8, 4) is 0 Å². The third-order valence-electron chi connectivity index (χ3n) is 2.33. The summed E-state index contributed by atoms with van der Waals surface area (Å²) in [5.41, 5.74) is 13.6. The van der Waals surface area contributed by atoms with Gasteiger partial charge in [0.1, 0.15) is 5.69 Å². The van der Waals surface area contributed by atoms with Crippen molar-refractivity contribution in [3.05, 3.63) is 29.3 Å². The number of fused-ring (bicyclic) bond motifs is 1. The Labute approximate surface area is 66.2 Å². The number of nitrogens with two attached hydrogens (primary N) is 1. The van der Waals surface area contributed by atoms with Crippen molar-refractivity contribution in [2.45, 2.75) is 18.9 Å². The molecule has 0 spiro atoms. The Balaban J connectivity index is 2.50. The van der Waals surface area contributed by atoms with Gasteiger partial charge in [-0.05, 0) is 30.0 Å². The molecule has 2 rings (SSSR count). The van der Waals surface area contributed by atoms with Crippen molar-refractivity contribution < 1.29 is 5.73 Å². The second-order valence-corrected chi connectivity index (χ2v) is 3.18. The van der Waals surface area contributed by atoms with E-state index >= 15 is 0 Å². The molecule has 0 amide bonds. The number of benzene rings is 1. The number of quaternary nitrogens is 1. The Bertz CT molecular complexity index is 281. The SMILES string of the molecule is N[C@H]1CCc2cc([NH3+])ccc21. The summed E-state index contributed by atoms with van der Waals surface area (Å²) in [6.45, 7) is 0. The summed E-state index contributed by atoms with van der Waals surface area (Å²) in [7, 11) is 0. The van der Waals surface area contributed by atoms with Crippen LogP contribution in [0.5, 0.6) is 0 Å². The highest BCUT2D eigenvalue weighted by atomic mass is 14.6. The normalized spacial score (nSPS) is 21.8. The quantitative estimate of drug-likeness (QED) is 0.554. The van der Waals surface area contributed by atoms with Gasteiger partial charge in [0.25, 0.3) is 0 Å². The molecule has 2 nitrogen and oxygen atoms in total. The van der Waals surface area contributed by atoms with Gasteiger partial charge in [0.05, 0.1) is 0 Å². The molecule has 11 heavy (non-hydrogen) atoms. The zero-order valence-electron chi connectivity index (χ0n) is 6.51. The second-order valence-electron chi connectivity index (χ2n) is 3.18. The van der Waals surface area contributed by atoms with E-state index in [1.54, 1.807) is 0 Å². The summed E-state index contributed by atoms with van der Waals surface area (Å²) in [6.07, 6.45) is 2.22. The molecule has 5 N–H and O–H groups in total. The topological polar surface area (TPSA) is 53.7 Å². The third kappa shape index (κ3) is 1.04. The van der Waals surface area contributed by atoms with Gasteiger partial charge in [0.2, 0.25) is 0 Å². The van der Waals surface area contributed by atoms with Crippen LogP contribution >= 0.6 is 0 Å². The van der Waals surface area contributed by atoms with Gasteiger partial charge in [-0.25, -0.2) is 0 Å². The Morgan fingerprint density at radius 2 is 2.27 bits per heavy atom. The first-order valence-electron chi connectivity index (χ1n) is 3.98. The summed E-state index contributed by atoms with van der Waals surface area (Å²) in [5.74, 6) is 0. The van der Waals surface area contributed by atoms with Crippen LogP contribution in [0.25, 0.3) is 0 Å². The number of aryl methyl sites for hydroxylation is 1. The molecule has 0 aromatic heterocycles. The molecule has 0 heterocycles. The van der Waals surface area contributed by atoms with Gasteiger partial charge < -0.3 is 11.5 Å². The molecular formula is C9H13N2+. The molecule has 1 aliphatic rings. The lowest BCUT2D eigenvalue weighted by molar-refractivity contribution is -0.254. The Morgan fingerprint density at radius 3 is 3.09 bits per heavy atom. The highest BCUT2D eigenvalue weighted by Crippen LogP contribution is 2.29. The minimum absolute atomic E-state index is 0.269. The van der Waals surface area contributed by atoms with Crippen molar-refractivity contribution >= 4 is 5.69 Å². The fourth-order valence-electron chi connectivity index (χ4n) is 1.70. The molecule has 1 aromatic carbocycles. The van der Waals surface area contributed by atoms with E-state index in [0.29, 0.717) is 0 Å². The van der Waals surface area contributed by atoms with E-state index in [1.165, 1.54) is 11.1 Å². The molecule has 0 radical (unpaired) electrons. The zero-order valence-corrected chi connectivity index (χ0v) is 6.51. The van der Waals surface area contributed by atoms with E-state index < -0.39 is 0 Å². The van der Waals surface area contributed by atoms with Gasteiger partial charge in [0.15, 0.2) is 0 Å². The minimum Gasteiger partial charge on any atom is -0.325 e. The molecule has 0 bridgehead atoms. The summed E-state index contributed by atoms with van der Waals surface area (Å²) in [4.78, 5) is 0. The van der Waals surface area contributed by atoms with E-state index in [0.717, 1.165) is 18.5 Å². The highest BCUT2D eigenvalue weighted by molar-refractivity contribution is 5.42. The van der Waals surface area contributed by atoms with Crippen LogP contribution < -0.4 is 11.5 Å². The van der Waals surface area contributed by atoms with E-state index in [9.17, 15) is 0 Å². The molecule has 0 unspecified atom stereocenters. The molecule has 58 valence electrons. The second kappa shape index (κ2) is 2.32. The molecule has 1 aliphatic carbocycles. The molecule has 1 aromatic rings. The van der Waals surface area contributed by atoms with Gasteiger partial charge in [-0.2, -0.15) is 0 Å². The van der Waals surface area contributed by atoms with Crippen LogP contribution in [0.1, 0.15) is 23.6 Å². The Hall–Kier alpha value is -0.860. The lowest BCUT2D eigenvalue weighted by atomic mass is 10.1. The summed E-state index contributed by atoms with van der Waals surface area (Å²) >= 11 is 0. The largest absolute Gasteiger partial charge is 0.325 e. The van der Waals surface area contributed by atoms with Gasteiger partial charge in [-0.15, -0.1) is 0 Å². The van der Waals surface area contributed by atoms with Crippen LogP contribution in [-0.4, -0.2) is 0 Å². The first kappa shape index (κ1) is 6.83. The molecular weight excluding hydrogens is 136 g/mol. The maximum Gasteiger partial charge on any atom is 0.128 e. The summed E-state index contributed by atoms with van der Waals surface area (Å²) in [6, 6.07) is 6.55. The lowest BCUT2D eigenvalue weighted by Gasteiger charge is -2.02. The maximum atomic E-state index is 5.88. The average Bonchev–Trinajstić information content (AvgIpc) is 2.32. The van der Waals surface area contributed by atoms with Crippen LogP contribution in [0.3, 0.4) is 0 Å². The van der Waals surface area contributed by atoms with E-state index in [1.807, 2.05) is 6.07 Å². The van der Waals surface area contributed by atoms with Crippen molar-refractivity contribution in [2.75, 3.05) is 0 Å². The fourth-order valence-corrected chi connectivity index (χ4v) is 1.70. The molecule has 0 saturated carbocycles. The first-order chi connectivity index (χ1) is 5.27. The summed E-state index contributed by atoms with van der Waals surface area (Å²) < 4.78 is 0. The Kier molecular flexibility index (Phi) is 1.44. The van der Waals surface area contributed by atoms with Gasteiger partial charge in [-0.1, -0.05) is 6.07 Å². The minimum atomic E-state index is 0.269. The fraction of sp³-hybridized carbons (Fsp3) is 0.333. The highest BCUT2D eigenvalue weighted by Gasteiger charge is 2.18. The lowest BCUT2D eigenvalue weighted by Crippen LogP contribution is -2.40.